The number of benzene rings is 1. The average molecular weight is 228 g/mol. The van der Waals surface area contributed by atoms with Crippen molar-refractivity contribution >= 4 is 15.0 Å². The molecule has 2 nitrogen and oxygen atoms in total. The lowest BCUT2D eigenvalue weighted by molar-refractivity contribution is -0.119. The molecule has 0 spiro atoms. The molecule has 0 aromatic heterocycles. The first-order chi connectivity index (χ1) is 7.18. The van der Waals surface area contributed by atoms with Gasteiger partial charge < -0.3 is 5.11 Å². The molecule has 86 valence electrons. The van der Waals surface area contributed by atoms with Gasteiger partial charge in [0.05, 0.1) is 0 Å². The predicted octanol–water partition coefficient (Wildman–Crippen LogP) is 2.53. The van der Waals surface area contributed by atoms with E-state index in [1.54, 1.807) is 0 Å². The Balaban J connectivity index is 0. The van der Waals surface area contributed by atoms with Crippen molar-refractivity contribution in [2.24, 2.45) is 0 Å². The predicted molar refractivity (Wildman–Crippen MR) is 69.1 cm³/mol. The molecule has 1 unspecified atom stereocenters. The maximum Gasteiger partial charge on any atom is 0.155 e. The minimum absolute atomic E-state index is 0.190. The second kappa shape index (κ2) is 15.7. The van der Waals surface area contributed by atoms with Crippen LogP contribution in [0.1, 0.15) is 20.3 Å². The van der Waals surface area contributed by atoms with Gasteiger partial charge in [-0.15, -0.1) is 9.24 Å². The average Bonchev–Trinajstić information content (AvgIpc) is 2.32. The highest BCUT2D eigenvalue weighted by Crippen LogP contribution is 1.81. The van der Waals surface area contributed by atoms with Crippen LogP contribution in [-0.4, -0.2) is 23.7 Å². The van der Waals surface area contributed by atoms with E-state index in [2.05, 4.69) is 16.2 Å². The molecule has 3 heteroatoms. The van der Waals surface area contributed by atoms with E-state index < -0.39 is 0 Å². The van der Waals surface area contributed by atoms with Crippen molar-refractivity contribution in [1.29, 1.82) is 0 Å². The molecular formula is C12H21O2P. The monoisotopic (exact) mass is 228 g/mol. The van der Waals surface area contributed by atoms with Gasteiger partial charge in [0.15, 0.2) is 5.78 Å². The van der Waals surface area contributed by atoms with E-state index in [9.17, 15) is 4.79 Å². The van der Waals surface area contributed by atoms with E-state index in [0.29, 0.717) is 0 Å². The minimum Gasteiger partial charge on any atom is -0.389 e. The molecule has 0 aliphatic heterocycles. The summed E-state index contributed by atoms with van der Waals surface area (Å²) >= 11 is 0. The fourth-order valence-corrected chi connectivity index (χ4v) is 0.385. The first kappa shape index (κ1) is 16.7. The second-order valence-corrected chi connectivity index (χ2v) is 3.38. The fourth-order valence-electron chi connectivity index (χ4n) is 0.385. The van der Waals surface area contributed by atoms with Crippen LogP contribution >= 0.6 is 9.24 Å². The third-order valence-electron chi connectivity index (χ3n) is 1.18. The van der Waals surface area contributed by atoms with Crippen LogP contribution in [-0.2, 0) is 4.79 Å². The van der Waals surface area contributed by atoms with Gasteiger partial charge in [-0.1, -0.05) is 49.7 Å². The summed E-state index contributed by atoms with van der Waals surface area (Å²) in [5, 5.41) is 7.79. The largest absolute Gasteiger partial charge is 0.389 e. The summed E-state index contributed by atoms with van der Waals surface area (Å²) in [4.78, 5) is 9.56. The molecule has 1 aromatic rings. The molecule has 0 saturated heterocycles. The second-order valence-electron chi connectivity index (χ2n) is 2.80. The number of carbonyl (C=O) groups is 1. The molecule has 0 aliphatic rings. The highest BCUT2D eigenvalue weighted by Gasteiger charge is 1.78. The summed E-state index contributed by atoms with van der Waals surface area (Å²) in [5.74, 6) is -0.190. The Morgan fingerprint density at radius 3 is 1.40 bits per heavy atom. The smallest absolute Gasteiger partial charge is 0.155 e. The number of ketones is 1. The molecule has 1 rings (SSSR count). The zero-order chi connectivity index (χ0) is 11.9. The van der Waals surface area contributed by atoms with Gasteiger partial charge in [0, 0.05) is 0 Å². The van der Waals surface area contributed by atoms with Crippen molar-refractivity contribution < 1.29 is 9.90 Å². The van der Waals surface area contributed by atoms with E-state index in [-0.39, 0.29) is 12.4 Å². The maximum atomic E-state index is 9.56. The van der Waals surface area contributed by atoms with Gasteiger partial charge >= 0.3 is 0 Å². The van der Waals surface area contributed by atoms with E-state index in [1.807, 2.05) is 36.4 Å². The molecule has 0 aliphatic carbocycles. The summed E-state index contributed by atoms with van der Waals surface area (Å²) in [6.07, 6.45) is 2.52. The highest BCUT2D eigenvalue weighted by atomic mass is 31.0. The molecular weight excluding hydrogens is 207 g/mol. The summed E-state index contributed by atoms with van der Waals surface area (Å²) in [6.45, 7) is 3.16. The van der Waals surface area contributed by atoms with Crippen molar-refractivity contribution in [3.05, 3.63) is 36.4 Å². The molecule has 1 atom stereocenters. The van der Waals surface area contributed by atoms with E-state index in [4.69, 9.17) is 5.11 Å². The van der Waals surface area contributed by atoms with Crippen molar-refractivity contribution in [2.45, 2.75) is 20.3 Å². The van der Waals surface area contributed by atoms with Gasteiger partial charge in [-0.3, -0.25) is 4.79 Å². The Kier molecular flexibility index (Phi) is 17.5. The summed E-state index contributed by atoms with van der Waals surface area (Å²) in [5.41, 5.74) is 0. The van der Waals surface area contributed by atoms with Gasteiger partial charge in [-0.25, -0.2) is 0 Å². The summed E-state index contributed by atoms with van der Waals surface area (Å²) in [7, 11) is 2.66. The van der Waals surface area contributed by atoms with Gasteiger partial charge in [0.1, 0.15) is 6.61 Å². The van der Waals surface area contributed by atoms with Gasteiger partial charge in [-0.05, 0) is 13.1 Å². The molecule has 15 heavy (non-hydrogen) atoms. The van der Waals surface area contributed by atoms with Crippen LogP contribution in [0.25, 0.3) is 0 Å². The summed E-state index contributed by atoms with van der Waals surface area (Å²) < 4.78 is 0. The topological polar surface area (TPSA) is 37.3 Å². The van der Waals surface area contributed by atoms with Crippen LogP contribution in [0.4, 0.5) is 0 Å². The molecule has 0 radical (unpaired) electrons. The molecule has 1 aromatic carbocycles. The number of carbonyl (C=O) groups excluding carboxylic acids is 1. The Morgan fingerprint density at radius 1 is 1.13 bits per heavy atom. The van der Waals surface area contributed by atoms with Crippen LogP contribution in [0.2, 0.25) is 0 Å². The van der Waals surface area contributed by atoms with Crippen molar-refractivity contribution in [3.63, 3.8) is 0 Å². The molecule has 0 bridgehead atoms. The Labute approximate surface area is 94.9 Å². The van der Waals surface area contributed by atoms with E-state index in [0.717, 1.165) is 0 Å². The lowest BCUT2D eigenvalue weighted by Gasteiger charge is -1.72. The quantitative estimate of drug-likeness (QED) is 0.790. The lowest BCUT2D eigenvalue weighted by Crippen LogP contribution is -1.93. The fraction of sp³-hybridized carbons (Fsp3) is 0.417. The normalized spacial score (nSPS) is 7.73. The van der Waals surface area contributed by atoms with Crippen molar-refractivity contribution in [3.8, 4) is 0 Å². The number of rotatable bonds is 2. The van der Waals surface area contributed by atoms with Gasteiger partial charge in [0.25, 0.3) is 0 Å². The third kappa shape index (κ3) is 24.6. The number of Topliss-reactive ketones (excluding diaryl/α,β-unsaturated/α-hetero) is 1. The standard InChI is InChI=1S/C6H6.C3H6O2.C3H9P/c1-2-4-6-5-3-1;1-3(5)2-4;1-2-3-4/h1-6H;4H,2H2,1H3;2-4H2,1H3. The first-order valence-corrected chi connectivity index (χ1v) is 5.81. The third-order valence-corrected chi connectivity index (χ3v) is 1.76. The van der Waals surface area contributed by atoms with Crippen LogP contribution in [0, 0.1) is 0 Å². The zero-order valence-corrected chi connectivity index (χ0v) is 10.7. The van der Waals surface area contributed by atoms with E-state index >= 15 is 0 Å². The van der Waals surface area contributed by atoms with Crippen molar-refractivity contribution in [2.75, 3.05) is 12.8 Å². The van der Waals surface area contributed by atoms with Gasteiger partial charge in [0.2, 0.25) is 0 Å². The Morgan fingerprint density at radius 2 is 1.33 bits per heavy atom. The zero-order valence-electron chi connectivity index (χ0n) is 9.52. The van der Waals surface area contributed by atoms with Crippen LogP contribution < -0.4 is 0 Å². The van der Waals surface area contributed by atoms with Crippen LogP contribution in [0.5, 0.6) is 0 Å². The lowest BCUT2D eigenvalue weighted by atomic mass is 10.4. The number of aliphatic hydroxyl groups excluding tert-OH is 1. The number of aliphatic hydroxyl groups is 1. The maximum absolute atomic E-state index is 9.56. The molecule has 0 saturated carbocycles. The molecule has 1 N–H and O–H groups in total. The first-order valence-electron chi connectivity index (χ1n) is 4.99. The molecule has 0 fully saturated rings. The number of hydrogen-bond acceptors (Lipinski definition) is 2. The minimum atomic E-state index is -0.333. The van der Waals surface area contributed by atoms with Crippen LogP contribution in [0.15, 0.2) is 36.4 Å². The number of hydrogen-bond donors (Lipinski definition) is 1. The summed E-state index contributed by atoms with van der Waals surface area (Å²) in [6, 6.07) is 12.0. The molecule has 0 heterocycles. The van der Waals surface area contributed by atoms with Crippen LogP contribution in [0.3, 0.4) is 0 Å². The van der Waals surface area contributed by atoms with Crippen molar-refractivity contribution in [1.82, 2.24) is 0 Å². The van der Waals surface area contributed by atoms with Gasteiger partial charge in [-0.2, -0.15) is 0 Å². The Hall–Kier alpha value is -0.720. The SMILES string of the molecule is CC(=O)CO.CCCP.c1ccccc1. The van der Waals surface area contributed by atoms with E-state index in [1.165, 1.54) is 19.5 Å². The highest BCUT2D eigenvalue weighted by molar-refractivity contribution is 7.16. The molecule has 0 amide bonds. The Bertz CT molecular complexity index is 183.